The summed E-state index contributed by atoms with van der Waals surface area (Å²) in [5.74, 6) is 1.20. The van der Waals surface area contributed by atoms with Gasteiger partial charge in [0.05, 0.1) is 18.6 Å². The van der Waals surface area contributed by atoms with Gasteiger partial charge in [0.1, 0.15) is 15.3 Å². The third-order valence-corrected chi connectivity index (χ3v) is 7.97. The summed E-state index contributed by atoms with van der Waals surface area (Å²) in [5, 5.41) is 3.49. The van der Waals surface area contributed by atoms with Gasteiger partial charge in [0.2, 0.25) is 5.52 Å². The topological polar surface area (TPSA) is 52.4 Å². The number of rotatable bonds is 3. The maximum atomic E-state index is 5.57. The number of nitrogens with one attached hydrogen (secondary N) is 1. The molecule has 0 aromatic carbocycles. The highest BCUT2D eigenvalue weighted by Crippen LogP contribution is 2.43. The summed E-state index contributed by atoms with van der Waals surface area (Å²) >= 11 is 5.22. The average molecular weight is 420 g/mol. The summed E-state index contributed by atoms with van der Waals surface area (Å²) in [4.78, 5) is 17.2. The number of hydrogen-bond acceptors (Lipinski definition) is 7. The summed E-state index contributed by atoms with van der Waals surface area (Å²) in [6.45, 7) is 3.47. The number of anilines is 1. The molecule has 1 aliphatic heterocycles. The second-order valence-corrected chi connectivity index (χ2v) is 9.55. The molecule has 0 saturated carbocycles. The Balaban J connectivity index is 1.81. The minimum absolute atomic E-state index is 0.797. The van der Waals surface area contributed by atoms with Crippen LogP contribution in [0.3, 0.4) is 0 Å². The average Bonchev–Trinajstić information content (AvgIpc) is 3.11. The molecule has 2 aliphatic rings. The second-order valence-electron chi connectivity index (χ2n) is 6.94. The fourth-order valence-electron chi connectivity index (χ4n) is 4.17. The van der Waals surface area contributed by atoms with Gasteiger partial charge in [-0.05, 0) is 66.1 Å². The number of thioether (sulfide) groups is 2. The van der Waals surface area contributed by atoms with Crippen LogP contribution in [0.15, 0.2) is 10.2 Å². The lowest BCUT2D eigenvalue weighted by Crippen LogP contribution is -2.37. The number of aromatic amines is 1. The zero-order valence-corrected chi connectivity index (χ0v) is 18.1. The zero-order valence-electron chi connectivity index (χ0n) is 15.6. The predicted molar refractivity (Wildman–Crippen MR) is 115 cm³/mol. The normalized spacial score (nSPS) is 17.6. The van der Waals surface area contributed by atoms with Crippen molar-refractivity contribution in [2.75, 3.05) is 43.7 Å². The monoisotopic (exact) mass is 419 g/mol. The molecule has 1 N–H and O–H groups in total. The quantitative estimate of drug-likeness (QED) is 0.365. The third kappa shape index (κ3) is 3.01. The lowest BCUT2D eigenvalue weighted by molar-refractivity contribution is -0.475. The van der Waals surface area contributed by atoms with E-state index in [1.54, 1.807) is 34.9 Å². The van der Waals surface area contributed by atoms with Gasteiger partial charge in [-0.15, -0.1) is 11.3 Å². The number of thiophene rings is 1. The highest BCUT2D eigenvalue weighted by atomic mass is 32.2. The van der Waals surface area contributed by atoms with Crippen molar-refractivity contribution >= 4 is 61.1 Å². The minimum Gasteiger partial charge on any atom is -0.378 e. The highest BCUT2D eigenvalue weighted by Gasteiger charge is 2.28. The maximum absolute atomic E-state index is 5.57. The van der Waals surface area contributed by atoms with Crippen LogP contribution in [0.5, 0.6) is 0 Å². The second kappa shape index (κ2) is 7.39. The predicted octanol–water partition coefficient (Wildman–Crippen LogP) is 3.82. The first-order chi connectivity index (χ1) is 13.3. The fraction of sp³-hybridized carbons (Fsp3) is 0.526. The molecule has 0 unspecified atom stereocenters. The Labute approximate surface area is 171 Å². The van der Waals surface area contributed by atoms with Gasteiger partial charge in [0.15, 0.2) is 5.03 Å². The number of ether oxygens (including phenoxy) is 1. The van der Waals surface area contributed by atoms with Crippen LogP contribution in [0, 0.1) is 0 Å². The molecule has 5 nitrogen and oxygen atoms in total. The zero-order chi connectivity index (χ0) is 18.4. The molecule has 5 rings (SSSR count). The number of aryl methyl sites for hydroxylation is 1. The Hall–Kier alpha value is -1.09. The van der Waals surface area contributed by atoms with Crippen LogP contribution in [0.2, 0.25) is 0 Å². The Morgan fingerprint density at radius 2 is 1.81 bits per heavy atom. The Morgan fingerprint density at radius 3 is 2.56 bits per heavy atom. The van der Waals surface area contributed by atoms with Crippen molar-refractivity contribution in [3.63, 3.8) is 0 Å². The first-order valence-corrected chi connectivity index (χ1v) is 12.7. The number of nitrogens with zero attached hydrogens (tertiary/aromatic N) is 3. The van der Waals surface area contributed by atoms with E-state index in [4.69, 9.17) is 14.7 Å². The largest absolute Gasteiger partial charge is 0.378 e. The minimum atomic E-state index is 0.797. The molecular weight excluding hydrogens is 396 g/mol. The van der Waals surface area contributed by atoms with E-state index in [0.29, 0.717) is 0 Å². The summed E-state index contributed by atoms with van der Waals surface area (Å²) in [7, 11) is 0. The van der Waals surface area contributed by atoms with Gasteiger partial charge in [-0.25, -0.2) is 9.97 Å². The Bertz CT molecular complexity index is 1010. The van der Waals surface area contributed by atoms with Crippen molar-refractivity contribution in [1.82, 2.24) is 9.97 Å². The van der Waals surface area contributed by atoms with Crippen molar-refractivity contribution in [3.8, 4) is 0 Å². The molecule has 1 aliphatic carbocycles. The van der Waals surface area contributed by atoms with Gasteiger partial charge < -0.3 is 9.64 Å². The van der Waals surface area contributed by atoms with E-state index < -0.39 is 0 Å². The molecule has 0 amide bonds. The van der Waals surface area contributed by atoms with Crippen LogP contribution in [0.4, 0.5) is 5.82 Å². The third-order valence-electron chi connectivity index (χ3n) is 5.46. The van der Waals surface area contributed by atoms with Gasteiger partial charge in [-0.3, -0.25) is 0 Å². The molecule has 0 spiro atoms. The van der Waals surface area contributed by atoms with E-state index in [1.807, 2.05) is 0 Å². The van der Waals surface area contributed by atoms with E-state index in [1.165, 1.54) is 44.9 Å². The molecule has 8 heteroatoms. The number of pyridine rings is 1. The van der Waals surface area contributed by atoms with Crippen molar-refractivity contribution in [3.05, 3.63) is 11.1 Å². The molecular formula is C19H23N4OS3+. The molecule has 0 bridgehead atoms. The fourth-order valence-corrected chi connectivity index (χ4v) is 6.52. The number of aromatic nitrogens is 3. The summed E-state index contributed by atoms with van der Waals surface area (Å²) in [5.41, 5.74) is 4.10. The van der Waals surface area contributed by atoms with Gasteiger partial charge in [-0.1, -0.05) is 11.8 Å². The van der Waals surface area contributed by atoms with Gasteiger partial charge in [0.25, 0.3) is 0 Å². The van der Waals surface area contributed by atoms with E-state index in [-0.39, 0.29) is 0 Å². The Morgan fingerprint density at radius 1 is 1.04 bits per heavy atom. The van der Waals surface area contributed by atoms with E-state index in [9.17, 15) is 0 Å². The SMILES string of the molecule is CSc1nc2c(sc3nc(N4CCOCC4)c4c(c32)CCCC4)c(SC)[nH+]1. The first-order valence-electron chi connectivity index (χ1n) is 9.42. The van der Waals surface area contributed by atoms with Gasteiger partial charge in [-0.2, -0.15) is 0 Å². The highest BCUT2D eigenvalue weighted by molar-refractivity contribution is 7.99. The van der Waals surface area contributed by atoms with Crippen LogP contribution in [-0.2, 0) is 17.6 Å². The van der Waals surface area contributed by atoms with Gasteiger partial charge >= 0.3 is 5.16 Å². The van der Waals surface area contributed by atoms with Crippen LogP contribution in [0.25, 0.3) is 20.4 Å². The molecule has 4 heterocycles. The first kappa shape index (κ1) is 18.0. The number of H-pyrrole nitrogens is 1. The summed E-state index contributed by atoms with van der Waals surface area (Å²) < 4.78 is 6.82. The molecule has 142 valence electrons. The molecule has 3 aromatic heterocycles. The molecule has 3 aromatic rings. The number of fused-ring (bicyclic) bond motifs is 5. The van der Waals surface area contributed by atoms with Gasteiger partial charge in [0, 0.05) is 13.1 Å². The molecule has 1 fully saturated rings. The van der Waals surface area contributed by atoms with Crippen LogP contribution in [0.1, 0.15) is 24.0 Å². The van der Waals surface area contributed by atoms with Crippen LogP contribution >= 0.6 is 34.9 Å². The molecule has 0 radical (unpaired) electrons. The standard InChI is InChI=1S/C19H22N4OS3/c1-25-18-15-14(20-19(22-18)26-2)13-11-5-3-4-6-12(11)16(21-17(13)27-15)23-7-9-24-10-8-23/h3-10H2,1-2H3/p+1. The van der Waals surface area contributed by atoms with E-state index >= 15 is 0 Å². The van der Waals surface area contributed by atoms with Crippen molar-refractivity contribution in [2.45, 2.75) is 35.9 Å². The number of hydrogen-bond donors (Lipinski definition) is 0. The molecule has 0 atom stereocenters. The van der Waals surface area contributed by atoms with E-state index in [2.05, 4.69) is 22.4 Å². The number of morpholine rings is 1. The van der Waals surface area contributed by atoms with Crippen LogP contribution < -0.4 is 9.88 Å². The van der Waals surface area contributed by atoms with Crippen molar-refractivity contribution in [2.24, 2.45) is 0 Å². The molecule has 27 heavy (non-hydrogen) atoms. The van der Waals surface area contributed by atoms with Crippen LogP contribution in [-0.4, -0.2) is 48.8 Å². The maximum Gasteiger partial charge on any atom is 0.358 e. The summed E-state index contributed by atoms with van der Waals surface area (Å²) in [6.07, 6.45) is 8.99. The van der Waals surface area contributed by atoms with Crippen molar-refractivity contribution in [1.29, 1.82) is 0 Å². The summed E-state index contributed by atoms with van der Waals surface area (Å²) in [6, 6.07) is 0. The lowest BCUT2D eigenvalue weighted by Gasteiger charge is -2.31. The Kier molecular flexibility index (Phi) is 4.92. The van der Waals surface area contributed by atoms with Crippen molar-refractivity contribution < 1.29 is 9.72 Å². The van der Waals surface area contributed by atoms with E-state index in [0.717, 1.165) is 54.6 Å². The lowest BCUT2D eigenvalue weighted by atomic mass is 9.90. The molecule has 1 saturated heterocycles. The smallest absolute Gasteiger partial charge is 0.358 e.